The van der Waals surface area contributed by atoms with Crippen LogP contribution in [0.4, 0.5) is 0 Å². The maximum atomic E-state index is 4.75. The first kappa shape index (κ1) is 14.9. The number of benzene rings is 2. The number of nitrogens with zero attached hydrogens (tertiary/aromatic N) is 3. The van der Waals surface area contributed by atoms with E-state index in [0.717, 1.165) is 17.8 Å². The van der Waals surface area contributed by atoms with E-state index in [1.165, 1.54) is 27.6 Å². The topological polar surface area (TPSA) is 30.2 Å². The van der Waals surface area contributed by atoms with Crippen molar-refractivity contribution in [2.45, 2.75) is 26.8 Å². The minimum absolute atomic E-state index is 0.365. The second-order valence-corrected chi connectivity index (χ2v) is 6.64. The fraction of sp³-hybridized carbons (Fsp3) is 0.238. The molecule has 3 aromatic rings. The fourth-order valence-corrected chi connectivity index (χ4v) is 3.32. The van der Waals surface area contributed by atoms with Gasteiger partial charge in [0.2, 0.25) is 0 Å². The number of aromatic nitrogens is 2. The lowest BCUT2D eigenvalue weighted by atomic mass is 9.99. The minimum atomic E-state index is 0.365. The van der Waals surface area contributed by atoms with Gasteiger partial charge in [0, 0.05) is 17.0 Å². The van der Waals surface area contributed by atoms with E-state index < -0.39 is 0 Å². The maximum absolute atomic E-state index is 4.75. The quantitative estimate of drug-likeness (QED) is 0.682. The molecule has 0 saturated heterocycles. The third kappa shape index (κ3) is 2.46. The smallest absolute Gasteiger partial charge is 0.0685 e. The summed E-state index contributed by atoms with van der Waals surface area (Å²) in [4.78, 5) is 4.75. The zero-order valence-corrected chi connectivity index (χ0v) is 14.3. The van der Waals surface area contributed by atoms with Gasteiger partial charge in [0.1, 0.15) is 0 Å². The SMILES string of the molecule is Cc1ccccc1C1=CC(c2ccc3c(cnn3C(C)C)c2)=NC1. The lowest BCUT2D eigenvalue weighted by molar-refractivity contribution is 0.551. The van der Waals surface area contributed by atoms with Crippen LogP contribution < -0.4 is 0 Å². The standard InChI is InChI=1S/C21H21N3/c1-14(2)24-21-9-8-16(10-18(21)13-23-24)20-11-17(12-22-20)19-7-5-4-6-15(19)3/h4-11,13-14H,12H2,1-3H3. The lowest BCUT2D eigenvalue weighted by Crippen LogP contribution is -2.02. The Balaban J connectivity index is 1.70. The van der Waals surface area contributed by atoms with Crippen LogP contribution in [0, 0.1) is 6.92 Å². The van der Waals surface area contributed by atoms with Gasteiger partial charge in [0.05, 0.1) is 24.0 Å². The van der Waals surface area contributed by atoms with Crippen LogP contribution >= 0.6 is 0 Å². The summed E-state index contributed by atoms with van der Waals surface area (Å²) in [5, 5.41) is 5.67. The lowest BCUT2D eigenvalue weighted by Gasteiger charge is -2.07. The first-order valence-corrected chi connectivity index (χ1v) is 8.42. The summed E-state index contributed by atoms with van der Waals surface area (Å²) < 4.78 is 2.06. The van der Waals surface area contributed by atoms with Crippen LogP contribution in [0.1, 0.15) is 36.6 Å². The molecule has 1 aliphatic heterocycles. The van der Waals surface area contributed by atoms with Gasteiger partial charge in [-0.05, 0) is 55.7 Å². The van der Waals surface area contributed by atoms with Crippen molar-refractivity contribution in [2.75, 3.05) is 6.54 Å². The predicted molar refractivity (Wildman–Crippen MR) is 101 cm³/mol. The van der Waals surface area contributed by atoms with Crippen LogP contribution in [0.25, 0.3) is 16.5 Å². The van der Waals surface area contributed by atoms with Gasteiger partial charge >= 0.3 is 0 Å². The molecule has 2 heterocycles. The van der Waals surface area contributed by atoms with Crippen LogP contribution in [0.15, 0.2) is 59.7 Å². The van der Waals surface area contributed by atoms with Gasteiger partial charge in [0.15, 0.2) is 0 Å². The van der Waals surface area contributed by atoms with Crippen molar-refractivity contribution in [2.24, 2.45) is 4.99 Å². The van der Waals surface area contributed by atoms with Crippen molar-refractivity contribution in [1.29, 1.82) is 0 Å². The van der Waals surface area contributed by atoms with Gasteiger partial charge < -0.3 is 0 Å². The second kappa shape index (κ2) is 5.75. The van der Waals surface area contributed by atoms with E-state index in [1.807, 2.05) is 6.20 Å². The Morgan fingerprint density at radius 2 is 1.92 bits per heavy atom. The van der Waals surface area contributed by atoms with Crippen molar-refractivity contribution < 1.29 is 0 Å². The van der Waals surface area contributed by atoms with Crippen molar-refractivity contribution in [3.63, 3.8) is 0 Å². The summed E-state index contributed by atoms with van der Waals surface area (Å²) >= 11 is 0. The molecule has 0 bridgehead atoms. The number of fused-ring (bicyclic) bond motifs is 1. The number of rotatable bonds is 3. The molecule has 3 nitrogen and oxygen atoms in total. The van der Waals surface area contributed by atoms with Gasteiger partial charge in [-0.2, -0.15) is 5.10 Å². The van der Waals surface area contributed by atoms with E-state index in [4.69, 9.17) is 4.99 Å². The Morgan fingerprint density at radius 3 is 2.71 bits per heavy atom. The molecule has 0 amide bonds. The normalized spacial score (nSPS) is 14.3. The van der Waals surface area contributed by atoms with Gasteiger partial charge in [-0.25, -0.2) is 0 Å². The van der Waals surface area contributed by atoms with Gasteiger partial charge in [-0.15, -0.1) is 0 Å². The highest BCUT2D eigenvalue weighted by molar-refractivity contribution is 6.16. The average Bonchev–Trinajstić information content (AvgIpc) is 3.21. The van der Waals surface area contributed by atoms with E-state index in [0.29, 0.717) is 6.04 Å². The first-order chi connectivity index (χ1) is 11.6. The molecular weight excluding hydrogens is 294 g/mol. The Morgan fingerprint density at radius 1 is 1.08 bits per heavy atom. The monoisotopic (exact) mass is 315 g/mol. The van der Waals surface area contributed by atoms with E-state index >= 15 is 0 Å². The molecule has 3 heteroatoms. The zero-order chi connectivity index (χ0) is 16.7. The second-order valence-electron chi connectivity index (χ2n) is 6.64. The van der Waals surface area contributed by atoms with Gasteiger partial charge in [-0.3, -0.25) is 9.67 Å². The Kier molecular flexibility index (Phi) is 3.57. The number of aryl methyl sites for hydroxylation is 1. The molecule has 0 N–H and O–H groups in total. The molecular formula is C21H21N3. The van der Waals surface area contributed by atoms with Crippen molar-refractivity contribution in [3.8, 4) is 0 Å². The molecule has 0 spiro atoms. The van der Waals surface area contributed by atoms with Gasteiger partial charge in [-0.1, -0.05) is 30.3 Å². The van der Waals surface area contributed by atoms with Crippen molar-refractivity contribution in [3.05, 3.63) is 71.4 Å². The van der Waals surface area contributed by atoms with Crippen LogP contribution in [-0.2, 0) is 0 Å². The Labute approximate surface area is 142 Å². The molecule has 0 saturated carbocycles. The molecule has 0 unspecified atom stereocenters. The largest absolute Gasteiger partial charge is 0.280 e. The van der Waals surface area contributed by atoms with Crippen LogP contribution in [0.3, 0.4) is 0 Å². The number of aliphatic imine (C=N–C) groups is 1. The first-order valence-electron chi connectivity index (χ1n) is 8.42. The molecule has 1 aliphatic rings. The molecule has 24 heavy (non-hydrogen) atoms. The highest BCUT2D eigenvalue weighted by Crippen LogP contribution is 2.26. The van der Waals surface area contributed by atoms with E-state index in [1.54, 1.807) is 0 Å². The number of hydrogen-bond donors (Lipinski definition) is 0. The molecule has 0 atom stereocenters. The highest BCUT2D eigenvalue weighted by Gasteiger charge is 2.14. The Hall–Kier alpha value is -2.68. The summed E-state index contributed by atoms with van der Waals surface area (Å²) in [6, 6.07) is 15.4. The van der Waals surface area contributed by atoms with E-state index in [2.05, 4.69) is 79.1 Å². The zero-order valence-electron chi connectivity index (χ0n) is 14.3. The summed E-state index contributed by atoms with van der Waals surface area (Å²) in [5.41, 5.74) is 7.29. The van der Waals surface area contributed by atoms with Crippen LogP contribution in [-0.4, -0.2) is 22.0 Å². The average molecular weight is 315 g/mol. The van der Waals surface area contributed by atoms with E-state index in [-0.39, 0.29) is 0 Å². The summed E-state index contributed by atoms with van der Waals surface area (Å²) in [5.74, 6) is 0. The minimum Gasteiger partial charge on any atom is -0.280 e. The summed E-state index contributed by atoms with van der Waals surface area (Å²) in [7, 11) is 0. The molecule has 0 fully saturated rings. The van der Waals surface area contributed by atoms with E-state index in [9.17, 15) is 0 Å². The van der Waals surface area contributed by atoms with Crippen molar-refractivity contribution in [1.82, 2.24) is 9.78 Å². The molecule has 1 aromatic heterocycles. The molecule has 120 valence electrons. The summed E-state index contributed by atoms with van der Waals surface area (Å²) in [6.07, 6.45) is 4.16. The maximum Gasteiger partial charge on any atom is 0.0685 e. The fourth-order valence-electron chi connectivity index (χ4n) is 3.32. The van der Waals surface area contributed by atoms with Gasteiger partial charge in [0.25, 0.3) is 0 Å². The van der Waals surface area contributed by atoms with Crippen LogP contribution in [0.2, 0.25) is 0 Å². The molecule has 0 radical (unpaired) electrons. The summed E-state index contributed by atoms with van der Waals surface area (Å²) in [6.45, 7) is 7.21. The Bertz CT molecular complexity index is 974. The molecule has 4 rings (SSSR count). The molecule has 0 aliphatic carbocycles. The molecule has 2 aromatic carbocycles. The number of allylic oxidation sites excluding steroid dienone is 1. The third-order valence-corrected chi connectivity index (χ3v) is 4.60. The number of hydrogen-bond acceptors (Lipinski definition) is 2. The third-order valence-electron chi connectivity index (χ3n) is 4.60. The van der Waals surface area contributed by atoms with Crippen LogP contribution in [0.5, 0.6) is 0 Å². The predicted octanol–water partition coefficient (Wildman–Crippen LogP) is 4.81. The highest BCUT2D eigenvalue weighted by atomic mass is 15.3. The van der Waals surface area contributed by atoms with Crippen molar-refractivity contribution >= 4 is 22.2 Å².